The lowest BCUT2D eigenvalue weighted by Crippen LogP contribution is -2.41. The Labute approximate surface area is 184 Å². The summed E-state index contributed by atoms with van der Waals surface area (Å²) in [5, 5.41) is 3.49. The quantitative estimate of drug-likeness (QED) is 0.527. The molecule has 9 heteroatoms. The number of methoxy groups -OCH3 is 1. The number of halogens is 3. The van der Waals surface area contributed by atoms with E-state index in [0.717, 1.165) is 17.0 Å². The summed E-state index contributed by atoms with van der Waals surface area (Å²) in [4.78, 5) is 4.66. The molecule has 3 heterocycles. The molecule has 0 spiro atoms. The Morgan fingerprint density at radius 3 is 2.50 bits per heavy atom. The Morgan fingerprint density at radius 1 is 1.06 bits per heavy atom. The summed E-state index contributed by atoms with van der Waals surface area (Å²) in [6.45, 7) is 3.01. The van der Waals surface area contributed by atoms with E-state index in [2.05, 4.69) is 10.3 Å². The Kier molecular flexibility index (Phi) is 6.41. The number of nitrogens with zero attached hydrogens (tertiary/aromatic N) is 2. The number of rotatable bonds is 7. The highest BCUT2D eigenvalue weighted by molar-refractivity contribution is 5.75. The topological polar surface area (TPSA) is 57.0 Å². The fraction of sp³-hybridized carbons (Fsp3) is 0.435. The van der Waals surface area contributed by atoms with Gasteiger partial charge in [0, 0.05) is 24.6 Å². The van der Waals surface area contributed by atoms with Gasteiger partial charge in [0.1, 0.15) is 18.8 Å². The largest absolute Gasteiger partial charge is 0.411 e. The summed E-state index contributed by atoms with van der Waals surface area (Å²) in [5.74, 6) is 0. The number of anilines is 1. The van der Waals surface area contributed by atoms with Gasteiger partial charge in [-0.1, -0.05) is 30.3 Å². The van der Waals surface area contributed by atoms with Crippen LogP contribution in [0.4, 0.5) is 18.9 Å². The lowest BCUT2D eigenvalue weighted by Gasteiger charge is -2.40. The van der Waals surface area contributed by atoms with Crippen LogP contribution in [0.1, 0.15) is 34.7 Å². The van der Waals surface area contributed by atoms with Crippen molar-refractivity contribution in [1.82, 2.24) is 9.38 Å². The van der Waals surface area contributed by atoms with Crippen LogP contribution in [0, 0.1) is 13.8 Å². The molecule has 1 aliphatic heterocycles. The second-order valence-electron chi connectivity index (χ2n) is 7.83. The van der Waals surface area contributed by atoms with Crippen LogP contribution in [0.2, 0.25) is 0 Å². The number of imidazole rings is 1. The first-order chi connectivity index (χ1) is 15.3. The number of fused-ring (bicyclic) bond motifs is 3. The first-order valence-corrected chi connectivity index (χ1v) is 10.4. The molecule has 3 atom stereocenters. The molecule has 0 bridgehead atoms. The minimum atomic E-state index is -4.46. The van der Waals surface area contributed by atoms with Gasteiger partial charge in [-0.25, -0.2) is 4.98 Å². The zero-order valence-corrected chi connectivity index (χ0v) is 18.1. The molecule has 1 aromatic carbocycles. The molecule has 1 N–H and O–H groups in total. The van der Waals surface area contributed by atoms with Gasteiger partial charge >= 0.3 is 6.18 Å². The lowest BCUT2D eigenvalue weighted by atomic mass is 9.88. The number of benzene rings is 1. The smallest absolute Gasteiger partial charge is 0.382 e. The second kappa shape index (κ2) is 9.09. The van der Waals surface area contributed by atoms with Crippen LogP contribution in [-0.2, 0) is 14.2 Å². The van der Waals surface area contributed by atoms with Gasteiger partial charge in [0.25, 0.3) is 0 Å². The minimum Gasteiger partial charge on any atom is -0.382 e. The van der Waals surface area contributed by atoms with E-state index in [1.54, 1.807) is 13.2 Å². The van der Waals surface area contributed by atoms with Crippen molar-refractivity contribution in [2.24, 2.45) is 0 Å². The minimum absolute atomic E-state index is 0.219. The van der Waals surface area contributed by atoms with Crippen LogP contribution >= 0.6 is 0 Å². The van der Waals surface area contributed by atoms with Crippen LogP contribution in [0.5, 0.6) is 0 Å². The highest BCUT2D eigenvalue weighted by atomic mass is 19.4. The third-order valence-electron chi connectivity index (χ3n) is 5.72. The molecule has 3 aromatic rings. The van der Waals surface area contributed by atoms with E-state index in [9.17, 15) is 13.2 Å². The van der Waals surface area contributed by atoms with Gasteiger partial charge in [-0.15, -0.1) is 0 Å². The molecule has 172 valence electrons. The molecule has 32 heavy (non-hydrogen) atoms. The standard InChI is InChI=1S/C23H26F3N3O3/c1-14-15(2)29-10-9-17-19(22(29)27-14)28-18(16-7-5-4-6-8-16)21(31-12-11-30-3)20(17)32-13-23(24,25)26/h4-10,18,20-21,28H,11-13H2,1-3H3. The molecule has 1 aliphatic rings. The van der Waals surface area contributed by atoms with E-state index in [-0.39, 0.29) is 6.61 Å². The molecule has 0 saturated carbocycles. The zero-order valence-electron chi connectivity index (χ0n) is 18.1. The molecule has 0 aliphatic carbocycles. The first kappa shape index (κ1) is 22.6. The van der Waals surface area contributed by atoms with E-state index >= 15 is 0 Å². The number of aromatic nitrogens is 2. The third-order valence-corrected chi connectivity index (χ3v) is 5.72. The van der Waals surface area contributed by atoms with Gasteiger partial charge in [-0.3, -0.25) is 0 Å². The maximum absolute atomic E-state index is 13.1. The average Bonchev–Trinajstić information content (AvgIpc) is 3.06. The van der Waals surface area contributed by atoms with Crippen molar-refractivity contribution in [3.63, 3.8) is 0 Å². The number of aryl methyl sites for hydroxylation is 2. The van der Waals surface area contributed by atoms with Crippen molar-refractivity contribution >= 4 is 11.3 Å². The van der Waals surface area contributed by atoms with Crippen molar-refractivity contribution in [2.45, 2.75) is 38.3 Å². The van der Waals surface area contributed by atoms with Gasteiger partial charge in [0.2, 0.25) is 0 Å². The van der Waals surface area contributed by atoms with E-state index in [1.807, 2.05) is 54.8 Å². The van der Waals surface area contributed by atoms with Gasteiger partial charge < -0.3 is 23.9 Å². The predicted molar refractivity (Wildman–Crippen MR) is 114 cm³/mol. The molecule has 0 saturated heterocycles. The van der Waals surface area contributed by atoms with Crippen LogP contribution in [0.25, 0.3) is 5.65 Å². The Hall–Kier alpha value is -2.62. The highest BCUT2D eigenvalue weighted by Crippen LogP contribution is 2.45. The molecule has 0 radical (unpaired) electrons. The van der Waals surface area contributed by atoms with Gasteiger partial charge in [0.15, 0.2) is 5.65 Å². The summed E-state index contributed by atoms with van der Waals surface area (Å²) in [6, 6.07) is 10.8. The van der Waals surface area contributed by atoms with E-state index in [1.165, 1.54) is 0 Å². The number of ether oxygens (including phenoxy) is 3. The Bertz CT molecular complexity index is 1070. The molecule has 0 amide bonds. The van der Waals surface area contributed by atoms with Crippen LogP contribution in [0.3, 0.4) is 0 Å². The SMILES string of the molecule is COCCOC1C(c2ccccc2)Nc2c(ccn3c(C)c(C)nc23)C1OCC(F)(F)F. The van der Waals surface area contributed by atoms with Gasteiger partial charge in [-0.05, 0) is 25.5 Å². The summed E-state index contributed by atoms with van der Waals surface area (Å²) in [7, 11) is 1.55. The summed E-state index contributed by atoms with van der Waals surface area (Å²) < 4.78 is 58.0. The number of nitrogens with one attached hydrogen (secondary N) is 1. The number of pyridine rings is 1. The van der Waals surface area contributed by atoms with E-state index in [4.69, 9.17) is 14.2 Å². The predicted octanol–water partition coefficient (Wildman–Crippen LogP) is 4.77. The Morgan fingerprint density at radius 2 is 1.81 bits per heavy atom. The summed E-state index contributed by atoms with van der Waals surface area (Å²) >= 11 is 0. The van der Waals surface area contributed by atoms with Crippen molar-refractivity contribution < 1.29 is 27.4 Å². The zero-order chi connectivity index (χ0) is 22.9. The van der Waals surface area contributed by atoms with Crippen LogP contribution in [-0.4, -0.2) is 48.6 Å². The third kappa shape index (κ3) is 4.46. The molecule has 0 fully saturated rings. The lowest BCUT2D eigenvalue weighted by molar-refractivity contribution is -0.202. The van der Waals surface area contributed by atoms with Gasteiger partial charge in [-0.2, -0.15) is 13.2 Å². The van der Waals surface area contributed by atoms with Crippen molar-refractivity contribution in [2.75, 3.05) is 32.2 Å². The second-order valence-corrected chi connectivity index (χ2v) is 7.83. The molecular weight excluding hydrogens is 423 g/mol. The number of hydrogen-bond donors (Lipinski definition) is 1. The fourth-order valence-electron chi connectivity index (χ4n) is 4.08. The van der Waals surface area contributed by atoms with Crippen molar-refractivity contribution in [1.29, 1.82) is 0 Å². The molecular formula is C23H26F3N3O3. The van der Waals surface area contributed by atoms with E-state index in [0.29, 0.717) is 23.5 Å². The monoisotopic (exact) mass is 449 g/mol. The fourth-order valence-corrected chi connectivity index (χ4v) is 4.08. The molecule has 2 aromatic heterocycles. The van der Waals surface area contributed by atoms with Crippen molar-refractivity contribution in [3.8, 4) is 0 Å². The maximum atomic E-state index is 13.1. The average molecular weight is 449 g/mol. The number of alkyl halides is 3. The first-order valence-electron chi connectivity index (χ1n) is 10.4. The summed E-state index contributed by atoms with van der Waals surface area (Å²) in [6.07, 6.45) is -4.31. The van der Waals surface area contributed by atoms with Crippen molar-refractivity contribution in [3.05, 3.63) is 65.1 Å². The van der Waals surface area contributed by atoms with Crippen LogP contribution in [0.15, 0.2) is 42.6 Å². The molecule has 6 nitrogen and oxygen atoms in total. The highest BCUT2D eigenvalue weighted by Gasteiger charge is 2.42. The summed E-state index contributed by atoms with van der Waals surface area (Å²) in [5.41, 5.74) is 4.57. The maximum Gasteiger partial charge on any atom is 0.411 e. The number of hydrogen-bond acceptors (Lipinski definition) is 5. The van der Waals surface area contributed by atoms with E-state index < -0.39 is 31.0 Å². The molecule has 3 unspecified atom stereocenters. The molecule has 4 rings (SSSR count). The Balaban J connectivity index is 1.84. The van der Waals surface area contributed by atoms with Gasteiger partial charge in [0.05, 0.1) is 30.6 Å². The normalized spacial score (nSPS) is 20.9. The van der Waals surface area contributed by atoms with Crippen LogP contribution < -0.4 is 5.32 Å².